The summed E-state index contributed by atoms with van der Waals surface area (Å²) in [5.41, 5.74) is 3.10. The summed E-state index contributed by atoms with van der Waals surface area (Å²) in [5.74, 6) is 1.90. The molecule has 2 heterocycles. The Morgan fingerprint density at radius 2 is 2.24 bits per heavy atom. The van der Waals surface area contributed by atoms with E-state index in [1.807, 2.05) is 25.1 Å². The molecule has 3 rings (SSSR count). The van der Waals surface area contributed by atoms with Gasteiger partial charge in [0, 0.05) is 18.3 Å². The van der Waals surface area contributed by atoms with Gasteiger partial charge in [-0.05, 0) is 31.4 Å². The summed E-state index contributed by atoms with van der Waals surface area (Å²) < 4.78 is 26.0. The number of alkyl halides is 1. The van der Waals surface area contributed by atoms with E-state index in [2.05, 4.69) is 4.57 Å². The molecule has 1 aliphatic rings. The van der Waals surface area contributed by atoms with Crippen molar-refractivity contribution < 1.29 is 8.42 Å². The van der Waals surface area contributed by atoms with E-state index in [1.54, 1.807) is 0 Å². The molecule has 1 atom stereocenters. The number of fused-ring (bicyclic) bond motifs is 1. The minimum atomic E-state index is -2.95. The fourth-order valence-corrected chi connectivity index (χ4v) is 5.02. The van der Waals surface area contributed by atoms with E-state index in [9.17, 15) is 8.42 Å². The number of benzene rings is 1. The van der Waals surface area contributed by atoms with Crippen LogP contribution in [0.2, 0.25) is 0 Å². The molecule has 1 saturated heterocycles. The maximum atomic E-state index is 12.0. The normalized spacial score (nSPS) is 21.7. The number of hydrogen-bond donors (Lipinski definition) is 0. The highest BCUT2D eigenvalue weighted by atomic mass is 35.5. The van der Waals surface area contributed by atoms with Gasteiger partial charge >= 0.3 is 0 Å². The fourth-order valence-electron chi connectivity index (χ4n) is 3.18. The standard InChI is InChI=1S/C15H19ClN2O2S/c1-11-4-2-6-13-15(11)17-14(7-8-16)18(13)12-5-3-9-21(19,20)10-12/h2,4,6,12H,3,5,7-10H2,1H3. The Balaban J connectivity index is 2.15. The van der Waals surface area contributed by atoms with Gasteiger partial charge in [-0.25, -0.2) is 13.4 Å². The number of nitrogens with zero attached hydrogens (tertiary/aromatic N) is 2. The second-order valence-electron chi connectivity index (χ2n) is 5.69. The monoisotopic (exact) mass is 326 g/mol. The number of aryl methyl sites for hydroxylation is 2. The van der Waals surface area contributed by atoms with Crippen LogP contribution in [0.15, 0.2) is 18.2 Å². The third kappa shape index (κ3) is 2.81. The molecule has 1 aromatic carbocycles. The summed E-state index contributed by atoms with van der Waals surface area (Å²) >= 11 is 5.90. The molecule has 1 unspecified atom stereocenters. The molecule has 0 bridgehead atoms. The minimum Gasteiger partial charge on any atom is -0.324 e. The van der Waals surface area contributed by atoms with Crippen molar-refractivity contribution in [3.05, 3.63) is 29.6 Å². The minimum absolute atomic E-state index is 0.0197. The molecule has 0 radical (unpaired) electrons. The highest BCUT2D eigenvalue weighted by Crippen LogP contribution is 2.30. The van der Waals surface area contributed by atoms with E-state index >= 15 is 0 Å². The number of aromatic nitrogens is 2. The predicted molar refractivity (Wildman–Crippen MR) is 85.8 cm³/mol. The van der Waals surface area contributed by atoms with E-state index in [-0.39, 0.29) is 11.8 Å². The molecule has 4 nitrogen and oxygen atoms in total. The van der Waals surface area contributed by atoms with Crippen LogP contribution >= 0.6 is 11.6 Å². The Kier molecular flexibility index (Phi) is 3.97. The van der Waals surface area contributed by atoms with Crippen molar-refractivity contribution in [2.75, 3.05) is 17.4 Å². The average molecular weight is 327 g/mol. The Hall–Kier alpha value is -1.07. The molecule has 0 N–H and O–H groups in total. The van der Waals surface area contributed by atoms with Crippen LogP contribution in [0.4, 0.5) is 0 Å². The maximum absolute atomic E-state index is 12.0. The molecule has 1 aromatic heterocycles. The SMILES string of the molecule is Cc1cccc2c1nc(CCCl)n2C1CCCS(=O)(=O)C1. The van der Waals surface area contributed by atoms with Gasteiger partial charge < -0.3 is 4.57 Å². The van der Waals surface area contributed by atoms with Gasteiger partial charge in [0.15, 0.2) is 9.84 Å². The van der Waals surface area contributed by atoms with Crippen molar-refractivity contribution in [3.8, 4) is 0 Å². The lowest BCUT2D eigenvalue weighted by Gasteiger charge is -2.25. The molecule has 1 aliphatic heterocycles. The highest BCUT2D eigenvalue weighted by Gasteiger charge is 2.28. The first-order valence-corrected chi connectivity index (χ1v) is 9.60. The first-order valence-electron chi connectivity index (χ1n) is 7.24. The first-order chi connectivity index (χ1) is 10.0. The zero-order valence-electron chi connectivity index (χ0n) is 12.0. The second kappa shape index (κ2) is 5.61. The molecule has 2 aromatic rings. The van der Waals surface area contributed by atoms with Gasteiger partial charge in [0.25, 0.3) is 0 Å². The van der Waals surface area contributed by atoms with Crippen molar-refractivity contribution in [2.24, 2.45) is 0 Å². The van der Waals surface area contributed by atoms with Gasteiger partial charge in [-0.15, -0.1) is 11.6 Å². The van der Waals surface area contributed by atoms with E-state index in [4.69, 9.17) is 16.6 Å². The van der Waals surface area contributed by atoms with Crippen molar-refractivity contribution in [2.45, 2.75) is 32.2 Å². The van der Waals surface area contributed by atoms with E-state index in [0.29, 0.717) is 18.1 Å². The van der Waals surface area contributed by atoms with Gasteiger partial charge in [0.1, 0.15) is 5.82 Å². The van der Waals surface area contributed by atoms with Gasteiger partial charge in [-0.3, -0.25) is 0 Å². The zero-order valence-corrected chi connectivity index (χ0v) is 13.6. The largest absolute Gasteiger partial charge is 0.324 e. The summed E-state index contributed by atoms with van der Waals surface area (Å²) in [6, 6.07) is 6.03. The van der Waals surface area contributed by atoms with Gasteiger partial charge in [0.2, 0.25) is 0 Å². The van der Waals surface area contributed by atoms with E-state index in [0.717, 1.165) is 35.3 Å². The molecule has 0 saturated carbocycles. The molecule has 6 heteroatoms. The summed E-state index contributed by atoms with van der Waals surface area (Å²) in [6.07, 6.45) is 2.26. The Morgan fingerprint density at radius 3 is 2.95 bits per heavy atom. The lowest BCUT2D eigenvalue weighted by Crippen LogP contribution is -2.28. The molecular weight excluding hydrogens is 308 g/mol. The maximum Gasteiger partial charge on any atom is 0.152 e. The zero-order chi connectivity index (χ0) is 15.0. The quantitative estimate of drug-likeness (QED) is 0.815. The van der Waals surface area contributed by atoms with Crippen LogP contribution in [-0.2, 0) is 16.3 Å². The van der Waals surface area contributed by atoms with Crippen LogP contribution in [0.3, 0.4) is 0 Å². The molecule has 0 spiro atoms. The third-order valence-corrected chi connectivity index (χ3v) is 6.11. The summed E-state index contributed by atoms with van der Waals surface area (Å²) in [4.78, 5) is 4.71. The van der Waals surface area contributed by atoms with Crippen molar-refractivity contribution in [3.63, 3.8) is 0 Å². The summed E-state index contributed by atoms with van der Waals surface area (Å²) in [5, 5.41) is 0. The van der Waals surface area contributed by atoms with Crippen LogP contribution in [0, 0.1) is 6.92 Å². The molecule has 114 valence electrons. The molecule has 0 aliphatic carbocycles. The first kappa shape index (κ1) is 14.9. The van der Waals surface area contributed by atoms with Gasteiger partial charge in [-0.2, -0.15) is 0 Å². The van der Waals surface area contributed by atoms with Crippen LogP contribution in [0.25, 0.3) is 11.0 Å². The Labute approximate surface area is 130 Å². The van der Waals surface area contributed by atoms with Gasteiger partial charge in [0.05, 0.1) is 22.5 Å². The van der Waals surface area contributed by atoms with Crippen LogP contribution < -0.4 is 0 Å². The number of sulfone groups is 1. The molecular formula is C15H19ClN2O2S. The molecule has 21 heavy (non-hydrogen) atoms. The Morgan fingerprint density at radius 1 is 1.43 bits per heavy atom. The summed E-state index contributed by atoms with van der Waals surface area (Å²) in [7, 11) is -2.95. The number of rotatable bonds is 3. The average Bonchev–Trinajstić information content (AvgIpc) is 2.78. The van der Waals surface area contributed by atoms with Crippen molar-refractivity contribution >= 4 is 32.5 Å². The fraction of sp³-hybridized carbons (Fsp3) is 0.533. The smallest absolute Gasteiger partial charge is 0.152 e. The number of halogens is 1. The number of imidazole rings is 1. The summed E-state index contributed by atoms with van der Waals surface area (Å²) in [6.45, 7) is 2.03. The Bertz CT molecular complexity index is 767. The van der Waals surface area contributed by atoms with E-state index in [1.165, 1.54) is 0 Å². The van der Waals surface area contributed by atoms with Gasteiger partial charge in [-0.1, -0.05) is 12.1 Å². The van der Waals surface area contributed by atoms with Crippen LogP contribution in [-0.4, -0.2) is 35.4 Å². The van der Waals surface area contributed by atoms with Crippen molar-refractivity contribution in [1.82, 2.24) is 9.55 Å². The third-order valence-electron chi connectivity index (χ3n) is 4.12. The molecule has 1 fully saturated rings. The number of para-hydroxylation sites is 1. The molecule has 0 amide bonds. The van der Waals surface area contributed by atoms with Crippen LogP contribution in [0.1, 0.15) is 30.3 Å². The van der Waals surface area contributed by atoms with Crippen molar-refractivity contribution in [1.29, 1.82) is 0 Å². The topological polar surface area (TPSA) is 52.0 Å². The highest BCUT2D eigenvalue weighted by molar-refractivity contribution is 7.91. The lowest BCUT2D eigenvalue weighted by molar-refractivity contribution is 0.468. The second-order valence-corrected chi connectivity index (χ2v) is 8.30. The van der Waals surface area contributed by atoms with Crippen LogP contribution in [0.5, 0.6) is 0 Å². The predicted octanol–water partition coefficient (Wildman–Crippen LogP) is 2.88. The van der Waals surface area contributed by atoms with E-state index < -0.39 is 9.84 Å². The lowest BCUT2D eigenvalue weighted by atomic mass is 10.1. The number of hydrogen-bond acceptors (Lipinski definition) is 3.